The molecule has 1 aromatic heterocycles. The number of carbonyl (C=O) groups excluding carboxylic acids is 1. The molecule has 1 saturated heterocycles. The minimum atomic E-state index is -0.270. The molecule has 3 atom stereocenters. The van der Waals surface area contributed by atoms with Gasteiger partial charge in [-0.05, 0) is 32.1 Å². The molecule has 2 fully saturated rings. The van der Waals surface area contributed by atoms with E-state index in [1.54, 1.807) is 0 Å². The van der Waals surface area contributed by atoms with Gasteiger partial charge >= 0.3 is 6.03 Å². The van der Waals surface area contributed by atoms with E-state index in [0.29, 0.717) is 23.7 Å². The van der Waals surface area contributed by atoms with Gasteiger partial charge in [0.05, 0.1) is 0 Å². The first-order chi connectivity index (χ1) is 10.9. The monoisotopic (exact) mass is 320 g/mol. The Balaban J connectivity index is 1.62. The Morgan fingerprint density at radius 3 is 2.74 bits per heavy atom. The minimum Gasteiger partial charge on any atom is -0.337 e. The summed E-state index contributed by atoms with van der Waals surface area (Å²) in [5.41, 5.74) is -0.157. The Bertz CT molecular complexity index is 563. The molecule has 1 saturated carbocycles. The highest BCUT2D eigenvalue weighted by Crippen LogP contribution is 2.36. The predicted octanol–water partition coefficient (Wildman–Crippen LogP) is 3.40. The molecule has 2 amide bonds. The van der Waals surface area contributed by atoms with E-state index in [-0.39, 0.29) is 17.5 Å². The van der Waals surface area contributed by atoms with E-state index in [0.717, 1.165) is 19.4 Å². The van der Waals surface area contributed by atoms with Crippen molar-refractivity contribution >= 4 is 6.03 Å². The van der Waals surface area contributed by atoms with Crippen molar-refractivity contribution in [2.24, 2.45) is 5.92 Å². The second kappa shape index (κ2) is 6.13. The van der Waals surface area contributed by atoms with Crippen molar-refractivity contribution in [3.05, 3.63) is 11.7 Å². The first-order valence-corrected chi connectivity index (χ1v) is 8.77. The zero-order valence-electron chi connectivity index (χ0n) is 14.6. The fourth-order valence-corrected chi connectivity index (χ4v) is 3.70. The van der Waals surface area contributed by atoms with Gasteiger partial charge in [-0.25, -0.2) is 4.79 Å². The Morgan fingerprint density at radius 1 is 1.30 bits per heavy atom. The first-order valence-electron chi connectivity index (χ1n) is 8.77. The summed E-state index contributed by atoms with van der Waals surface area (Å²) in [5.74, 6) is 1.84. The molecule has 0 spiro atoms. The van der Waals surface area contributed by atoms with Gasteiger partial charge in [-0.15, -0.1) is 0 Å². The number of nitrogens with one attached hydrogen (secondary N) is 1. The number of aromatic nitrogens is 2. The number of carbonyl (C=O) groups is 1. The molecule has 2 aliphatic rings. The van der Waals surface area contributed by atoms with E-state index < -0.39 is 0 Å². The maximum atomic E-state index is 12.6. The van der Waals surface area contributed by atoms with E-state index >= 15 is 0 Å². The van der Waals surface area contributed by atoms with E-state index in [1.807, 2.05) is 32.6 Å². The van der Waals surface area contributed by atoms with E-state index in [9.17, 15) is 4.79 Å². The summed E-state index contributed by atoms with van der Waals surface area (Å²) in [5, 5.41) is 7.05. The van der Waals surface area contributed by atoms with Crippen LogP contribution < -0.4 is 5.32 Å². The summed E-state index contributed by atoms with van der Waals surface area (Å²) in [7, 11) is 0. The molecule has 1 aliphatic heterocycles. The molecular formula is C17H28N4O2. The fraction of sp³-hybridized carbons (Fsp3) is 0.824. The summed E-state index contributed by atoms with van der Waals surface area (Å²) in [6.45, 7) is 8.88. The summed E-state index contributed by atoms with van der Waals surface area (Å²) in [6, 6.07) is 0.153. The number of fused-ring (bicyclic) bond motifs is 1. The third-order valence-electron chi connectivity index (χ3n) is 5.09. The number of nitrogens with zero attached hydrogens (tertiary/aromatic N) is 3. The smallest absolute Gasteiger partial charge is 0.318 e. The lowest BCUT2D eigenvalue weighted by Crippen LogP contribution is -2.45. The molecule has 2 heterocycles. The van der Waals surface area contributed by atoms with E-state index in [2.05, 4.69) is 15.5 Å². The van der Waals surface area contributed by atoms with Crippen molar-refractivity contribution in [1.29, 1.82) is 0 Å². The van der Waals surface area contributed by atoms with Crippen LogP contribution in [0.3, 0.4) is 0 Å². The molecule has 128 valence electrons. The second-order valence-corrected chi connectivity index (χ2v) is 7.97. The van der Waals surface area contributed by atoms with Crippen LogP contribution in [0, 0.1) is 5.92 Å². The standard InChI is InChI=1S/C17H28N4O2/c1-11(14-19-15(20-23-14)17(2,3)4)18-16(22)21-10-9-12-7-5-6-8-13(12)21/h11-13H,5-10H2,1-4H3,(H,18,22)/t11?,12-,13-/m1/s1. The molecule has 1 unspecified atom stereocenters. The third-order valence-corrected chi connectivity index (χ3v) is 5.09. The van der Waals surface area contributed by atoms with Crippen LogP contribution in [-0.2, 0) is 5.41 Å². The Labute approximate surface area is 138 Å². The van der Waals surface area contributed by atoms with Crippen molar-refractivity contribution in [2.75, 3.05) is 6.54 Å². The highest BCUT2D eigenvalue weighted by Gasteiger charge is 2.38. The van der Waals surface area contributed by atoms with Crippen LogP contribution in [-0.4, -0.2) is 33.7 Å². The largest absolute Gasteiger partial charge is 0.337 e. The molecule has 0 radical (unpaired) electrons. The Hall–Kier alpha value is -1.59. The van der Waals surface area contributed by atoms with Crippen LogP contribution in [0.25, 0.3) is 0 Å². The maximum Gasteiger partial charge on any atom is 0.318 e. The quantitative estimate of drug-likeness (QED) is 0.906. The van der Waals surface area contributed by atoms with Crippen LogP contribution in [0.1, 0.15) is 77.6 Å². The number of hydrogen-bond donors (Lipinski definition) is 1. The van der Waals surface area contributed by atoms with Gasteiger partial charge in [0.15, 0.2) is 5.82 Å². The third kappa shape index (κ3) is 3.35. The van der Waals surface area contributed by atoms with Gasteiger partial charge in [0.25, 0.3) is 0 Å². The summed E-state index contributed by atoms with van der Waals surface area (Å²) >= 11 is 0. The van der Waals surface area contributed by atoms with Crippen molar-refractivity contribution < 1.29 is 9.32 Å². The number of amides is 2. The van der Waals surface area contributed by atoms with Crippen LogP contribution in [0.5, 0.6) is 0 Å². The summed E-state index contributed by atoms with van der Waals surface area (Å²) < 4.78 is 5.33. The van der Waals surface area contributed by atoms with Crippen LogP contribution >= 0.6 is 0 Å². The van der Waals surface area contributed by atoms with Gasteiger partial charge in [-0.1, -0.05) is 38.8 Å². The second-order valence-electron chi connectivity index (χ2n) is 7.97. The molecule has 23 heavy (non-hydrogen) atoms. The van der Waals surface area contributed by atoms with Gasteiger partial charge in [-0.2, -0.15) is 4.98 Å². The van der Waals surface area contributed by atoms with Gasteiger partial charge < -0.3 is 14.7 Å². The van der Waals surface area contributed by atoms with Crippen molar-refractivity contribution in [1.82, 2.24) is 20.4 Å². The van der Waals surface area contributed by atoms with Crippen LogP contribution in [0.2, 0.25) is 0 Å². The normalized spacial score (nSPS) is 26.0. The lowest BCUT2D eigenvalue weighted by molar-refractivity contribution is 0.165. The average molecular weight is 320 g/mol. The van der Waals surface area contributed by atoms with Crippen molar-refractivity contribution in [3.8, 4) is 0 Å². The molecule has 6 heteroatoms. The minimum absolute atomic E-state index is 0.00223. The molecule has 0 aromatic carbocycles. The van der Waals surface area contributed by atoms with E-state index in [4.69, 9.17) is 4.52 Å². The highest BCUT2D eigenvalue weighted by atomic mass is 16.5. The number of urea groups is 1. The zero-order valence-corrected chi connectivity index (χ0v) is 14.6. The van der Waals surface area contributed by atoms with Crippen LogP contribution in [0.15, 0.2) is 4.52 Å². The molecule has 6 nitrogen and oxygen atoms in total. The van der Waals surface area contributed by atoms with Crippen LogP contribution in [0.4, 0.5) is 4.79 Å². The fourth-order valence-electron chi connectivity index (χ4n) is 3.70. The van der Waals surface area contributed by atoms with Crippen molar-refractivity contribution in [2.45, 2.75) is 77.3 Å². The number of likely N-dealkylation sites (tertiary alicyclic amines) is 1. The van der Waals surface area contributed by atoms with Gasteiger partial charge in [0.1, 0.15) is 6.04 Å². The molecule has 3 rings (SSSR count). The summed E-state index contributed by atoms with van der Waals surface area (Å²) in [4.78, 5) is 19.1. The molecule has 1 aliphatic carbocycles. The highest BCUT2D eigenvalue weighted by molar-refractivity contribution is 5.75. The van der Waals surface area contributed by atoms with Crippen molar-refractivity contribution in [3.63, 3.8) is 0 Å². The van der Waals surface area contributed by atoms with Gasteiger partial charge in [0, 0.05) is 18.0 Å². The first kappa shape index (κ1) is 16.3. The SMILES string of the molecule is CC(NC(=O)N1CC[C@H]2CCCC[C@H]21)c1nc(C(C)(C)C)no1. The Kier molecular flexibility index (Phi) is 4.34. The molecular weight excluding hydrogens is 292 g/mol. The maximum absolute atomic E-state index is 12.6. The lowest BCUT2D eigenvalue weighted by atomic mass is 9.85. The summed E-state index contributed by atoms with van der Waals surface area (Å²) in [6.07, 6.45) is 6.09. The van der Waals surface area contributed by atoms with Gasteiger partial charge in [-0.3, -0.25) is 0 Å². The molecule has 0 bridgehead atoms. The number of hydrogen-bond acceptors (Lipinski definition) is 4. The Morgan fingerprint density at radius 2 is 2.04 bits per heavy atom. The molecule has 1 aromatic rings. The lowest BCUT2D eigenvalue weighted by Gasteiger charge is -2.32. The molecule has 1 N–H and O–H groups in total. The topological polar surface area (TPSA) is 71.3 Å². The predicted molar refractivity (Wildman–Crippen MR) is 87.0 cm³/mol. The van der Waals surface area contributed by atoms with Gasteiger partial charge in [0.2, 0.25) is 5.89 Å². The average Bonchev–Trinajstić information content (AvgIpc) is 3.14. The number of rotatable bonds is 2. The van der Waals surface area contributed by atoms with E-state index in [1.165, 1.54) is 19.3 Å². The zero-order chi connectivity index (χ0) is 16.6.